The summed E-state index contributed by atoms with van der Waals surface area (Å²) in [7, 11) is 0.534. The maximum atomic E-state index is 9.00. The Balaban J connectivity index is 2.00. The monoisotopic (exact) mass is 262 g/mol. The maximum Gasteiger partial charge on any atom is 0.488 e. The highest BCUT2D eigenvalue weighted by Crippen LogP contribution is 2.22. The first-order valence-electron chi connectivity index (χ1n) is 5.64. The average Bonchev–Trinajstić information content (AvgIpc) is 2.66. The van der Waals surface area contributed by atoms with Gasteiger partial charge >= 0.3 is 7.12 Å². The minimum atomic E-state index is -1.40. The predicted octanol–water partition coefficient (Wildman–Crippen LogP) is 0.701. The lowest BCUT2D eigenvalue weighted by Crippen LogP contribution is -2.29. The minimum Gasteiger partial charge on any atom is -0.423 e. The van der Waals surface area contributed by atoms with Gasteiger partial charge in [0.1, 0.15) is 0 Å². The summed E-state index contributed by atoms with van der Waals surface area (Å²) in [6.45, 7) is 1.97. The third kappa shape index (κ3) is 3.16. The van der Waals surface area contributed by atoms with Crippen LogP contribution in [0.3, 0.4) is 0 Å². The molecule has 2 N–H and O–H groups in total. The fraction of sp³-hybridized carbons (Fsp3) is 0.250. The average molecular weight is 262 g/mol. The zero-order valence-electron chi connectivity index (χ0n) is 10.4. The van der Waals surface area contributed by atoms with E-state index in [0.29, 0.717) is 5.46 Å². The van der Waals surface area contributed by atoms with Gasteiger partial charge in [0, 0.05) is 12.8 Å². The molecule has 0 aliphatic carbocycles. The number of nitrogens with zero attached hydrogens (tertiary/aromatic N) is 2. The first-order chi connectivity index (χ1) is 8.56. The molecule has 0 atom stereocenters. The zero-order chi connectivity index (χ0) is 13.1. The highest BCUT2D eigenvalue weighted by atomic mass is 32.2. The van der Waals surface area contributed by atoms with Crippen molar-refractivity contribution < 1.29 is 10.0 Å². The normalized spacial score (nSPS) is 10.7. The second-order valence-corrected chi connectivity index (χ2v) is 5.15. The number of thioether (sulfide) groups is 1. The third-order valence-electron chi connectivity index (χ3n) is 2.62. The van der Waals surface area contributed by atoms with Crippen molar-refractivity contribution in [2.24, 2.45) is 7.05 Å². The van der Waals surface area contributed by atoms with Gasteiger partial charge in [-0.3, -0.25) is 4.68 Å². The number of aryl methyl sites for hydroxylation is 2. The van der Waals surface area contributed by atoms with Crippen molar-refractivity contribution in [3.8, 4) is 0 Å². The molecule has 0 spiro atoms. The van der Waals surface area contributed by atoms with E-state index in [-0.39, 0.29) is 0 Å². The van der Waals surface area contributed by atoms with Crippen LogP contribution in [0.1, 0.15) is 11.3 Å². The van der Waals surface area contributed by atoms with Crippen molar-refractivity contribution in [1.29, 1.82) is 0 Å². The highest BCUT2D eigenvalue weighted by molar-refractivity contribution is 7.98. The van der Waals surface area contributed by atoms with E-state index in [9.17, 15) is 0 Å². The second-order valence-electron chi connectivity index (χ2n) is 4.15. The van der Waals surface area contributed by atoms with Gasteiger partial charge in [-0.15, -0.1) is 11.8 Å². The fourth-order valence-corrected chi connectivity index (χ4v) is 2.65. The Hall–Kier alpha value is -1.24. The van der Waals surface area contributed by atoms with E-state index in [1.165, 1.54) is 0 Å². The van der Waals surface area contributed by atoms with Crippen molar-refractivity contribution in [2.45, 2.75) is 17.7 Å². The quantitative estimate of drug-likeness (QED) is 0.629. The number of hydrogen-bond acceptors (Lipinski definition) is 4. The first-order valence-corrected chi connectivity index (χ1v) is 6.63. The Bertz CT molecular complexity index is 525. The molecule has 0 saturated heterocycles. The molecule has 0 fully saturated rings. The lowest BCUT2D eigenvalue weighted by atomic mass is 9.80. The molecule has 0 saturated carbocycles. The maximum absolute atomic E-state index is 9.00. The van der Waals surface area contributed by atoms with Crippen molar-refractivity contribution in [3.63, 3.8) is 0 Å². The fourth-order valence-electron chi connectivity index (χ4n) is 1.67. The summed E-state index contributed by atoms with van der Waals surface area (Å²) in [5.74, 6) is 0.834. The van der Waals surface area contributed by atoms with Gasteiger partial charge in [0.2, 0.25) is 0 Å². The summed E-state index contributed by atoms with van der Waals surface area (Å²) < 4.78 is 1.87. The van der Waals surface area contributed by atoms with Gasteiger partial charge in [0.05, 0.1) is 10.7 Å². The number of benzene rings is 1. The van der Waals surface area contributed by atoms with Crippen molar-refractivity contribution in [2.75, 3.05) is 0 Å². The van der Waals surface area contributed by atoms with Gasteiger partial charge in [-0.1, -0.05) is 24.3 Å². The predicted molar refractivity (Wildman–Crippen MR) is 73.8 cm³/mol. The molecule has 0 bridgehead atoms. The van der Waals surface area contributed by atoms with Crippen LogP contribution >= 0.6 is 11.8 Å². The molecular formula is C12H15BN2O2S. The largest absolute Gasteiger partial charge is 0.488 e. The van der Waals surface area contributed by atoms with E-state index in [0.717, 1.165) is 22.0 Å². The van der Waals surface area contributed by atoms with Gasteiger partial charge in [-0.25, -0.2) is 0 Å². The van der Waals surface area contributed by atoms with Gasteiger partial charge in [-0.05, 0) is 24.0 Å². The summed E-state index contributed by atoms with van der Waals surface area (Å²) in [6.07, 6.45) is 0. The molecule has 0 aliphatic heterocycles. The molecule has 4 nitrogen and oxygen atoms in total. The molecule has 0 amide bonds. The Morgan fingerprint density at radius 3 is 2.44 bits per heavy atom. The Labute approximate surface area is 111 Å². The van der Waals surface area contributed by atoms with Crippen LogP contribution < -0.4 is 5.46 Å². The number of hydrogen-bond donors (Lipinski definition) is 2. The summed E-state index contributed by atoms with van der Waals surface area (Å²) in [5.41, 5.74) is 2.67. The van der Waals surface area contributed by atoms with E-state index in [4.69, 9.17) is 10.0 Å². The summed E-state index contributed by atoms with van der Waals surface area (Å²) in [5, 5.41) is 23.4. The topological polar surface area (TPSA) is 58.3 Å². The van der Waals surface area contributed by atoms with Crippen LogP contribution in [0.5, 0.6) is 0 Å². The summed E-state index contributed by atoms with van der Waals surface area (Å²) >= 11 is 1.71. The lowest BCUT2D eigenvalue weighted by molar-refractivity contribution is 0.426. The SMILES string of the molecule is Cc1cc(SCc2ccc(B(O)O)cc2)n(C)n1. The van der Waals surface area contributed by atoms with E-state index in [1.54, 1.807) is 23.9 Å². The molecule has 1 aromatic heterocycles. The Morgan fingerprint density at radius 2 is 1.94 bits per heavy atom. The van der Waals surface area contributed by atoms with Crippen LogP contribution in [0.15, 0.2) is 35.4 Å². The Kier molecular flexibility index (Phi) is 4.11. The standard InChI is InChI=1S/C12H15BN2O2S/c1-9-7-12(15(2)14-9)18-8-10-3-5-11(6-4-10)13(16)17/h3-7,16-17H,8H2,1-2H3. The summed E-state index contributed by atoms with van der Waals surface area (Å²) in [6, 6.07) is 9.33. The van der Waals surface area contributed by atoms with Crippen LogP contribution in [-0.2, 0) is 12.8 Å². The van der Waals surface area contributed by atoms with E-state index < -0.39 is 7.12 Å². The van der Waals surface area contributed by atoms with E-state index in [1.807, 2.05) is 30.8 Å². The first kappa shape index (κ1) is 13.2. The molecule has 18 heavy (non-hydrogen) atoms. The zero-order valence-corrected chi connectivity index (χ0v) is 11.2. The van der Waals surface area contributed by atoms with Crippen LogP contribution in [0.25, 0.3) is 0 Å². The Morgan fingerprint density at radius 1 is 1.28 bits per heavy atom. The minimum absolute atomic E-state index is 0.514. The highest BCUT2D eigenvalue weighted by Gasteiger charge is 2.10. The molecule has 1 heterocycles. The molecule has 1 aromatic carbocycles. The molecule has 0 unspecified atom stereocenters. The molecule has 0 radical (unpaired) electrons. The molecule has 2 rings (SSSR count). The number of aromatic nitrogens is 2. The molecule has 94 valence electrons. The van der Waals surface area contributed by atoms with Crippen molar-refractivity contribution in [1.82, 2.24) is 9.78 Å². The van der Waals surface area contributed by atoms with Gasteiger partial charge < -0.3 is 10.0 Å². The summed E-state index contributed by atoms with van der Waals surface area (Å²) in [4.78, 5) is 0. The third-order valence-corrected chi connectivity index (χ3v) is 3.78. The second kappa shape index (κ2) is 5.60. The van der Waals surface area contributed by atoms with Crippen LogP contribution in [0.2, 0.25) is 0 Å². The van der Waals surface area contributed by atoms with Gasteiger partial charge in [0.15, 0.2) is 0 Å². The molecule has 6 heteroatoms. The van der Waals surface area contributed by atoms with E-state index in [2.05, 4.69) is 11.2 Å². The molecule has 0 aliphatic rings. The van der Waals surface area contributed by atoms with Crippen LogP contribution in [0, 0.1) is 6.92 Å². The van der Waals surface area contributed by atoms with Crippen LogP contribution in [0.4, 0.5) is 0 Å². The number of rotatable bonds is 4. The molecular weight excluding hydrogens is 247 g/mol. The van der Waals surface area contributed by atoms with Gasteiger partial charge in [-0.2, -0.15) is 5.10 Å². The van der Waals surface area contributed by atoms with Crippen molar-refractivity contribution >= 4 is 24.3 Å². The van der Waals surface area contributed by atoms with Gasteiger partial charge in [0.25, 0.3) is 0 Å². The van der Waals surface area contributed by atoms with Crippen molar-refractivity contribution in [3.05, 3.63) is 41.6 Å². The molecule has 2 aromatic rings. The van der Waals surface area contributed by atoms with E-state index >= 15 is 0 Å². The van der Waals surface area contributed by atoms with Crippen LogP contribution in [-0.4, -0.2) is 26.9 Å². The smallest absolute Gasteiger partial charge is 0.423 e. The lowest BCUT2D eigenvalue weighted by Gasteiger charge is -2.04.